The zero-order valence-corrected chi connectivity index (χ0v) is 11.2. The average molecular weight is 256 g/mol. The second-order valence-corrected chi connectivity index (χ2v) is 5.22. The first-order chi connectivity index (χ1) is 8.67. The Morgan fingerprint density at radius 2 is 2.17 bits per heavy atom. The first-order valence-corrected chi connectivity index (χ1v) is 6.99. The molecule has 1 unspecified atom stereocenters. The molecule has 2 saturated heterocycles. The second-order valence-electron chi connectivity index (χ2n) is 5.22. The third-order valence-electron chi connectivity index (χ3n) is 3.73. The number of piperidine rings is 1. The van der Waals surface area contributed by atoms with E-state index in [4.69, 9.17) is 15.2 Å². The van der Waals surface area contributed by atoms with Gasteiger partial charge in [-0.3, -0.25) is 4.79 Å². The molecule has 0 aromatic heterocycles. The molecule has 0 aromatic carbocycles. The van der Waals surface area contributed by atoms with E-state index in [1.165, 1.54) is 0 Å². The first-order valence-electron chi connectivity index (χ1n) is 6.99. The molecule has 0 aliphatic carbocycles. The Hall–Kier alpha value is -0.650. The predicted octanol–water partition coefficient (Wildman–Crippen LogP) is 0.869. The molecule has 1 atom stereocenters. The van der Waals surface area contributed by atoms with Crippen molar-refractivity contribution in [2.24, 2.45) is 5.73 Å². The zero-order chi connectivity index (χ0) is 13.0. The van der Waals surface area contributed by atoms with Crippen molar-refractivity contribution in [2.75, 3.05) is 26.3 Å². The summed E-state index contributed by atoms with van der Waals surface area (Å²) in [6.07, 6.45) is 4.63. The fourth-order valence-corrected chi connectivity index (χ4v) is 2.69. The number of nitrogens with two attached hydrogens (primary N) is 1. The van der Waals surface area contributed by atoms with Crippen molar-refractivity contribution >= 4 is 5.91 Å². The van der Waals surface area contributed by atoms with Crippen LogP contribution in [0, 0.1) is 0 Å². The third-order valence-corrected chi connectivity index (χ3v) is 3.73. The summed E-state index contributed by atoms with van der Waals surface area (Å²) < 4.78 is 11.3. The highest BCUT2D eigenvalue weighted by molar-refractivity contribution is 5.81. The molecule has 1 spiro atoms. The van der Waals surface area contributed by atoms with E-state index in [-0.39, 0.29) is 11.9 Å². The smallest absolute Gasteiger partial charge is 0.239 e. The Kier molecular flexibility index (Phi) is 4.59. The highest BCUT2D eigenvalue weighted by Crippen LogP contribution is 2.30. The van der Waals surface area contributed by atoms with Crippen LogP contribution in [0.5, 0.6) is 0 Å². The van der Waals surface area contributed by atoms with Gasteiger partial charge in [-0.05, 0) is 12.8 Å². The molecule has 0 radical (unpaired) electrons. The van der Waals surface area contributed by atoms with Crippen LogP contribution in [-0.2, 0) is 14.3 Å². The first kappa shape index (κ1) is 13.8. The van der Waals surface area contributed by atoms with Crippen LogP contribution in [0.2, 0.25) is 0 Å². The third kappa shape index (κ3) is 3.02. The maximum atomic E-state index is 12.2. The van der Waals surface area contributed by atoms with Gasteiger partial charge in [0.1, 0.15) is 0 Å². The van der Waals surface area contributed by atoms with Crippen LogP contribution in [0.4, 0.5) is 0 Å². The van der Waals surface area contributed by atoms with Crippen molar-refractivity contribution < 1.29 is 14.3 Å². The van der Waals surface area contributed by atoms with Crippen LogP contribution in [0.25, 0.3) is 0 Å². The van der Waals surface area contributed by atoms with Crippen molar-refractivity contribution in [3.8, 4) is 0 Å². The summed E-state index contributed by atoms with van der Waals surface area (Å²) in [7, 11) is 0. The lowest BCUT2D eigenvalue weighted by molar-refractivity contribution is -0.193. The lowest BCUT2D eigenvalue weighted by Crippen LogP contribution is -2.54. The van der Waals surface area contributed by atoms with Gasteiger partial charge in [-0.15, -0.1) is 0 Å². The number of amides is 1. The molecular weight excluding hydrogens is 232 g/mol. The standard InChI is InChI=1S/C13H24N2O3/c1-2-3-5-11(14)12(16)15-7-4-6-13(10-15)17-8-9-18-13/h11H,2-10,14H2,1H3. The summed E-state index contributed by atoms with van der Waals surface area (Å²) in [5, 5.41) is 0. The van der Waals surface area contributed by atoms with Gasteiger partial charge in [-0.2, -0.15) is 0 Å². The molecule has 0 saturated carbocycles. The van der Waals surface area contributed by atoms with Crippen molar-refractivity contribution in [3.05, 3.63) is 0 Å². The molecular formula is C13H24N2O3. The van der Waals surface area contributed by atoms with Gasteiger partial charge in [0, 0.05) is 13.0 Å². The summed E-state index contributed by atoms with van der Waals surface area (Å²) in [6.45, 7) is 4.67. The number of ether oxygens (including phenoxy) is 2. The predicted molar refractivity (Wildman–Crippen MR) is 67.9 cm³/mol. The minimum Gasteiger partial charge on any atom is -0.346 e. The minimum absolute atomic E-state index is 0.0432. The van der Waals surface area contributed by atoms with Crippen LogP contribution < -0.4 is 5.73 Å². The van der Waals surface area contributed by atoms with Gasteiger partial charge in [-0.25, -0.2) is 0 Å². The van der Waals surface area contributed by atoms with Gasteiger partial charge in [-0.1, -0.05) is 19.8 Å². The number of carbonyl (C=O) groups is 1. The van der Waals surface area contributed by atoms with Crippen LogP contribution in [-0.4, -0.2) is 48.9 Å². The average Bonchev–Trinajstić information content (AvgIpc) is 2.83. The molecule has 2 aliphatic heterocycles. The molecule has 2 heterocycles. The number of nitrogens with zero attached hydrogens (tertiary/aromatic N) is 1. The molecule has 18 heavy (non-hydrogen) atoms. The molecule has 5 nitrogen and oxygen atoms in total. The van der Waals surface area contributed by atoms with E-state index < -0.39 is 5.79 Å². The number of likely N-dealkylation sites (tertiary alicyclic amines) is 1. The largest absolute Gasteiger partial charge is 0.346 e. The van der Waals surface area contributed by atoms with Crippen molar-refractivity contribution in [3.63, 3.8) is 0 Å². The molecule has 2 rings (SSSR count). The van der Waals surface area contributed by atoms with E-state index in [0.29, 0.717) is 19.8 Å². The fraction of sp³-hybridized carbons (Fsp3) is 0.923. The molecule has 0 aromatic rings. The summed E-state index contributed by atoms with van der Waals surface area (Å²) in [5.74, 6) is -0.500. The topological polar surface area (TPSA) is 64.8 Å². The van der Waals surface area contributed by atoms with Crippen molar-refractivity contribution in [2.45, 2.75) is 50.9 Å². The van der Waals surface area contributed by atoms with Gasteiger partial charge in [0.15, 0.2) is 5.79 Å². The SMILES string of the molecule is CCCCC(N)C(=O)N1CCCC2(C1)OCCO2. The molecule has 5 heteroatoms. The van der Waals surface area contributed by atoms with Crippen LogP contribution >= 0.6 is 0 Å². The number of hydrogen-bond donors (Lipinski definition) is 1. The van der Waals surface area contributed by atoms with Gasteiger partial charge in [0.2, 0.25) is 5.91 Å². The van der Waals surface area contributed by atoms with E-state index in [9.17, 15) is 4.79 Å². The molecule has 2 aliphatic rings. The highest BCUT2D eigenvalue weighted by atomic mass is 16.7. The number of hydrogen-bond acceptors (Lipinski definition) is 4. The molecule has 1 amide bonds. The summed E-state index contributed by atoms with van der Waals surface area (Å²) >= 11 is 0. The molecule has 104 valence electrons. The van der Waals surface area contributed by atoms with Gasteiger partial charge < -0.3 is 20.1 Å². The minimum atomic E-state index is -0.543. The fourth-order valence-electron chi connectivity index (χ4n) is 2.69. The lowest BCUT2D eigenvalue weighted by Gasteiger charge is -2.39. The van der Waals surface area contributed by atoms with Crippen LogP contribution in [0.3, 0.4) is 0 Å². The maximum absolute atomic E-state index is 12.2. The van der Waals surface area contributed by atoms with E-state index in [1.807, 2.05) is 4.90 Å². The Balaban J connectivity index is 1.89. The van der Waals surface area contributed by atoms with Crippen LogP contribution in [0.15, 0.2) is 0 Å². The van der Waals surface area contributed by atoms with E-state index in [1.54, 1.807) is 0 Å². The van der Waals surface area contributed by atoms with Crippen molar-refractivity contribution in [1.29, 1.82) is 0 Å². The number of rotatable bonds is 4. The Morgan fingerprint density at radius 1 is 1.44 bits per heavy atom. The van der Waals surface area contributed by atoms with E-state index in [2.05, 4.69) is 6.92 Å². The Labute approximate surface area is 109 Å². The Bertz CT molecular complexity index is 290. The molecule has 2 N–H and O–H groups in total. The lowest BCUT2D eigenvalue weighted by atomic mass is 10.0. The van der Waals surface area contributed by atoms with Gasteiger partial charge in [0.05, 0.1) is 25.8 Å². The highest BCUT2D eigenvalue weighted by Gasteiger charge is 2.42. The number of carbonyl (C=O) groups excluding carboxylic acids is 1. The van der Waals surface area contributed by atoms with Crippen molar-refractivity contribution in [1.82, 2.24) is 4.90 Å². The maximum Gasteiger partial charge on any atom is 0.239 e. The second kappa shape index (κ2) is 5.99. The zero-order valence-electron chi connectivity index (χ0n) is 11.2. The molecule has 2 fully saturated rings. The summed E-state index contributed by atoms with van der Waals surface area (Å²) in [5.41, 5.74) is 5.95. The van der Waals surface area contributed by atoms with Gasteiger partial charge in [0.25, 0.3) is 0 Å². The molecule has 0 bridgehead atoms. The summed E-state index contributed by atoms with van der Waals surface area (Å²) in [4.78, 5) is 14.0. The van der Waals surface area contributed by atoms with Crippen LogP contribution in [0.1, 0.15) is 39.0 Å². The van der Waals surface area contributed by atoms with E-state index >= 15 is 0 Å². The van der Waals surface area contributed by atoms with E-state index in [0.717, 1.165) is 38.6 Å². The normalized spacial score (nSPS) is 24.4. The Morgan fingerprint density at radius 3 is 2.83 bits per heavy atom. The quantitative estimate of drug-likeness (QED) is 0.810. The summed E-state index contributed by atoms with van der Waals surface area (Å²) in [6, 6.07) is -0.374. The van der Waals surface area contributed by atoms with Gasteiger partial charge >= 0.3 is 0 Å². The monoisotopic (exact) mass is 256 g/mol. The number of unbranched alkanes of at least 4 members (excludes halogenated alkanes) is 1.